The van der Waals surface area contributed by atoms with E-state index in [0.717, 1.165) is 61.9 Å². The molecule has 6 rings (SSSR count). The van der Waals surface area contributed by atoms with Crippen LogP contribution in [0, 0.1) is 5.92 Å². The van der Waals surface area contributed by atoms with Crippen molar-refractivity contribution in [1.82, 2.24) is 28.9 Å². The van der Waals surface area contributed by atoms with Crippen molar-refractivity contribution < 1.29 is 4.79 Å². The summed E-state index contributed by atoms with van der Waals surface area (Å²) in [7, 11) is 0. The predicted molar refractivity (Wildman–Crippen MR) is 147 cm³/mol. The lowest BCUT2D eigenvalue weighted by Gasteiger charge is -2.37. The maximum Gasteiger partial charge on any atom is 0.329 e. The third-order valence-electron chi connectivity index (χ3n) is 8.17. The minimum absolute atomic E-state index is 0.0152. The molecule has 2 aliphatic rings. The van der Waals surface area contributed by atoms with Crippen molar-refractivity contribution >= 4 is 16.9 Å². The Labute approximate surface area is 222 Å². The van der Waals surface area contributed by atoms with Gasteiger partial charge in [0, 0.05) is 56.4 Å². The number of likely N-dealkylation sites (tertiary alicyclic amines) is 2. The number of fused-ring (bicyclic) bond motifs is 1. The summed E-state index contributed by atoms with van der Waals surface area (Å²) in [5.41, 5.74) is 4.20. The molecule has 1 amide bonds. The van der Waals surface area contributed by atoms with Crippen molar-refractivity contribution in [2.75, 3.05) is 26.2 Å². The zero-order valence-corrected chi connectivity index (χ0v) is 21.7. The molecule has 1 aromatic carbocycles. The topological polar surface area (TPSA) is 76.3 Å². The number of benzene rings is 1. The Bertz CT molecular complexity index is 1430. The molecule has 2 aliphatic heterocycles. The number of amides is 1. The molecule has 8 nitrogen and oxygen atoms in total. The first kappa shape index (κ1) is 24.6. The Kier molecular flexibility index (Phi) is 7.05. The van der Waals surface area contributed by atoms with E-state index in [4.69, 9.17) is 0 Å². The summed E-state index contributed by atoms with van der Waals surface area (Å²) in [6.45, 7) is 4.71. The number of para-hydroxylation sites is 2. The van der Waals surface area contributed by atoms with Crippen LogP contribution in [-0.2, 0) is 17.9 Å². The molecule has 0 aliphatic carbocycles. The molecular weight excluding hydrogens is 476 g/mol. The minimum Gasteiger partial charge on any atom is -0.342 e. The summed E-state index contributed by atoms with van der Waals surface area (Å²) in [4.78, 5) is 39.8. The zero-order chi connectivity index (χ0) is 25.9. The van der Waals surface area contributed by atoms with Gasteiger partial charge >= 0.3 is 5.69 Å². The fraction of sp³-hybridized carbons (Fsp3) is 0.400. The highest BCUT2D eigenvalue weighted by molar-refractivity contribution is 5.79. The van der Waals surface area contributed by atoms with Gasteiger partial charge in [-0.1, -0.05) is 18.2 Å². The Hall–Kier alpha value is -3.78. The maximum absolute atomic E-state index is 13.6. The number of pyridine rings is 2. The van der Waals surface area contributed by atoms with Crippen LogP contribution in [0.3, 0.4) is 0 Å². The van der Waals surface area contributed by atoms with Gasteiger partial charge < -0.3 is 4.90 Å². The minimum atomic E-state index is 0.0152. The van der Waals surface area contributed by atoms with E-state index >= 15 is 0 Å². The first-order chi connectivity index (χ1) is 18.7. The lowest BCUT2D eigenvalue weighted by molar-refractivity contribution is -0.138. The van der Waals surface area contributed by atoms with Gasteiger partial charge in [-0.2, -0.15) is 0 Å². The van der Waals surface area contributed by atoms with Crippen LogP contribution in [-0.4, -0.2) is 61.0 Å². The second-order valence-corrected chi connectivity index (χ2v) is 10.6. The number of hydrogen-bond donors (Lipinski definition) is 0. The average Bonchev–Trinajstić information content (AvgIpc) is 3.25. The molecule has 0 saturated carbocycles. The molecule has 8 heteroatoms. The fourth-order valence-corrected chi connectivity index (χ4v) is 6.10. The number of hydrogen-bond acceptors (Lipinski definition) is 5. The Balaban J connectivity index is 1.10. The molecule has 0 spiro atoms. The van der Waals surface area contributed by atoms with Crippen LogP contribution in [0.2, 0.25) is 0 Å². The standard InChI is InChI=1S/C30H34N6O2/c37-29(25-9-16-33(17-10-25)21-23-7-14-31-15-8-23)34-18-11-26(12-19-34)36-28-6-2-1-5-27(28)35(30(36)38)22-24-4-3-13-32-20-24/h1-8,13-15,20,25-26H,9-12,16-19,21-22H2. The molecule has 38 heavy (non-hydrogen) atoms. The van der Waals surface area contributed by atoms with Gasteiger partial charge in [-0.3, -0.25) is 28.8 Å². The summed E-state index contributed by atoms with van der Waals surface area (Å²) in [5.74, 6) is 0.391. The summed E-state index contributed by atoms with van der Waals surface area (Å²) >= 11 is 0. The highest BCUT2D eigenvalue weighted by atomic mass is 16.2. The SMILES string of the molecule is O=C(C1CCN(Cc2ccncc2)CC1)N1CCC(n2c(=O)n(Cc3cccnc3)c3ccccc32)CC1. The molecule has 0 atom stereocenters. The molecule has 4 aromatic rings. The smallest absolute Gasteiger partial charge is 0.329 e. The van der Waals surface area contributed by atoms with Gasteiger partial charge in [0.15, 0.2) is 0 Å². The van der Waals surface area contributed by atoms with Crippen LogP contribution in [0.5, 0.6) is 0 Å². The normalized spacial score (nSPS) is 17.7. The third-order valence-corrected chi connectivity index (χ3v) is 8.17. The van der Waals surface area contributed by atoms with Crippen molar-refractivity contribution in [1.29, 1.82) is 0 Å². The van der Waals surface area contributed by atoms with Crippen molar-refractivity contribution in [3.8, 4) is 0 Å². The number of piperidine rings is 2. The molecule has 2 saturated heterocycles. The number of rotatable bonds is 6. The largest absolute Gasteiger partial charge is 0.342 e. The third kappa shape index (κ3) is 5.00. The monoisotopic (exact) mass is 510 g/mol. The van der Waals surface area contributed by atoms with E-state index in [-0.39, 0.29) is 17.6 Å². The van der Waals surface area contributed by atoms with Gasteiger partial charge in [0.1, 0.15) is 0 Å². The second kappa shape index (κ2) is 10.9. The predicted octanol–water partition coefficient (Wildman–Crippen LogP) is 3.72. The van der Waals surface area contributed by atoms with Crippen LogP contribution < -0.4 is 5.69 Å². The Morgan fingerprint density at radius 2 is 1.50 bits per heavy atom. The summed E-state index contributed by atoms with van der Waals surface area (Å²) in [6, 6.07) is 16.1. The van der Waals surface area contributed by atoms with Crippen molar-refractivity contribution in [2.45, 2.75) is 44.8 Å². The van der Waals surface area contributed by atoms with Crippen molar-refractivity contribution in [3.63, 3.8) is 0 Å². The van der Waals surface area contributed by atoms with E-state index in [9.17, 15) is 9.59 Å². The van der Waals surface area contributed by atoms with Crippen molar-refractivity contribution in [3.05, 3.63) is 94.9 Å². The Morgan fingerprint density at radius 1 is 0.763 bits per heavy atom. The molecular formula is C30H34N6O2. The summed E-state index contributed by atoms with van der Waals surface area (Å²) in [5, 5.41) is 0. The van der Waals surface area contributed by atoms with E-state index in [1.165, 1.54) is 5.56 Å². The molecule has 0 N–H and O–H groups in total. The zero-order valence-electron chi connectivity index (χ0n) is 21.7. The van der Waals surface area contributed by atoms with Crippen LogP contribution in [0.15, 0.2) is 78.1 Å². The Morgan fingerprint density at radius 3 is 2.21 bits per heavy atom. The van der Waals surface area contributed by atoms with Crippen LogP contribution >= 0.6 is 0 Å². The molecule has 0 unspecified atom stereocenters. The highest BCUT2D eigenvalue weighted by Crippen LogP contribution is 2.28. The second-order valence-electron chi connectivity index (χ2n) is 10.6. The molecule has 196 valence electrons. The van der Waals surface area contributed by atoms with Gasteiger partial charge in [-0.05, 0) is 80.2 Å². The van der Waals surface area contributed by atoms with E-state index in [1.54, 1.807) is 6.20 Å². The molecule has 3 aromatic heterocycles. The number of carbonyl (C=O) groups excluding carboxylic acids is 1. The average molecular weight is 511 g/mol. The molecule has 5 heterocycles. The van der Waals surface area contributed by atoms with E-state index in [1.807, 2.05) is 69.0 Å². The lowest BCUT2D eigenvalue weighted by atomic mass is 9.93. The number of nitrogens with zero attached hydrogens (tertiary/aromatic N) is 6. The van der Waals surface area contributed by atoms with Gasteiger partial charge in [-0.15, -0.1) is 0 Å². The number of aromatic nitrogens is 4. The number of carbonyl (C=O) groups is 1. The molecule has 2 fully saturated rings. The molecule has 0 bridgehead atoms. The fourth-order valence-electron chi connectivity index (χ4n) is 6.10. The van der Waals surface area contributed by atoms with Gasteiger partial charge in [-0.25, -0.2) is 4.79 Å². The lowest BCUT2D eigenvalue weighted by Crippen LogP contribution is -2.46. The summed E-state index contributed by atoms with van der Waals surface area (Å²) < 4.78 is 3.81. The summed E-state index contributed by atoms with van der Waals surface area (Å²) in [6.07, 6.45) is 10.6. The molecule has 0 radical (unpaired) electrons. The van der Waals surface area contributed by atoms with E-state index in [2.05, 4.69) is 27.0 Å². The van der Waals surface area contributed by atoms with Crippen LogP contribution in [0.25, 0.3) is 11.0 Å². The van der Waals surface area contributed by atoms with E-state index < -0.39 is 0 Å². The van der Waals surface area contributed by atoms with Gasteiger partial charge in [0.05, 0.1) is 17.6 Å². The maximum atomic E-state index is 13.6. The van der Waals surface area contributed by atoms with Crippen LogP contribution in [0.1, 0.15) is 42.9 Å². The first-order valence-electron chi connectivity index (χ1n) is 13.7. The van der Waals surface area contributed by atoms with Gasteiger partial charge in [0.2, 0.25) is 5.91 Å². The van der Waals surface area contributed by atoms with E-state index in [0.29, 0.717) is 25.5 Å². The van der Waals surface area contributed by atoms with Gasteiger partial charge in [0.25, 0.3) is 0 Å². The quantitative estimate of drug-likeness (QED) is 0.395. The van der Waals surface area contributed by atoms with Crippen molar-refractivity contribution in [2.24, 2.45) is 5.92 Å². The highest BCUT2D eigenvalue weighted by Gasteiger charge is 2.32. The van der Waals surface area contributed by atoms with Crippen LogP contribution in [0.4, 0.5) is 0 Å². The first-order valence-corrected chi connectivity index (χ1v) is 13.7. The number of imidazole rings is 1.